The molecule has 3 rings (SSSR count). The van der Waals surface area contributed by atoms with Gasteiger partial charge in [-0.15, -0.1) is 0 Å². The predicted octanol–water partition coefficient (Wildman–Crippen LogP) is 2.04. The number of primary amides is 1. The van der Waals surface area contributed by atoms with Gasteiger partial charge in [0.05, 0.1) is 0 Å². The SMILES string of the molecule is NCCCC[C@H](NC(=O)[C@H](CCCNC(N)=O)NC(=O)OCC1c2ccccc2-c2ccccc21)C(=O)O. The predicted molar refractivity (Wildman–Crippen MR) is 141 cm³/mol. The molecule has 8 N–H and O–H groups in total. The lowest BCUT2D eigenvalue weighted by Crippen LogP contribution is -2.52. The highest BCUT2D eigenvalue weighted by atomic mass is 16.5. The fraction of sp³-hybridized carbons (Fsp3) is 0.407. The number of carbonyl (C=O) groups is 4. The first kappa shape index (κ1) is 28.5. The second kappa shape index (κ2) is 14.0. The summed E-state index contributed by atoms with van der Waals surface area (Å²) >= 11 is 0. The highest BCUT2D eigenvalue weighted by Crippen LogP contribution is 2.44. The molecule has 11 nitrogen and oxygen atoms in total. The van der Waals surface area contributed by atoms with Crippen molar-refractivity contribution >= 4 is 24.0 Å². The summed E-state index contributed by atoms with van der Waals surface area (Å²) in [5.74, 6) is -1.98. The van der Waals surface area contributed by atoms with E-state index in [0.717, 1.165) is 22.3 Å². The second-order valence-corrected chi connectivity index (χ2v) is 9.14. The van der Waals surface area contributed by atoms with Crippen molar-refractivity contribution in [2.45, 2.75) is 50.1 Å². The van der Waals surface area contributed by atoms with Crippen molar-refractivity contribution < 1.29 is 29.0 Å². The van der Waals surface area contributed by atoms with E-state index in [1.165, 1.54) is 0 Å². The molecule has 2 aromatic rings. The summed E-state index contributed by atoms with van der Waals surface area (Å²) in [6, 6.07) is 12.9. The molecule has 0 bridgehead atoms. The van der Waals surface area contributed by atoms with Crippen LogP contribution in [0.5, 0.6) is 0 Å². The van der Waals surface area contributed by atoms with E-state index >= 15 is 0 Å². The topological polar surface area (TPSA) is 186 Å². The Hall–Kier alpha value is -4.12. The highest BCUT2D eigenvalue weighted by molar-refractivity contribution is 5.89. The van der Waals surface area contributed by atoms with Crippen LogP contribution < -0.4 is 27.4 Å². The Morgan fingerprint density at radius 3 is 2.05 bits per heavy atom. The minimum absolute atomic E-state index is 0.0638. The number of amides is 4. The fourth-order valence-corrected chi connectivity index (χ4v) is 4.59. The van der Waals surface area contributed by atoms with Gasteiger partial charge >= 0.3 is 18.1 Å². The molecule has 0 saturated heterocycles. The van der Waals surface area contributed by atoms with Crippen molar-refractivity contribution in [2.24, 2.45) is 11.5 Å². The molecule has 204 valence electrons. The molecule has 0 aromatic heterocycles. The van der Waals surface area contributed by atoms with Gasteiger partial charge in [0.1, 0.15) is 18.7 Å². The van der Waals surface area contributed by atoms with Gasteiger partial charge in [0, 0.05) is 12.5 Å². The van der Waals surface area contributed by atoms with Crippen molar-refractivity contribution in [2.75, 3.05) is 19.7 Å². The summed E-state index contributed by atoms with van der Waals surface area (Å²) in [4.78, 5) is 48.3. The normalized spacial score (nSPS) is 13.5. The van der Waals surface area contributed by atoms with Crippen molar-refractivity contribution in [3.63, 3.8) is 0 Å². The molecule has 0 fully saturated rings. The molecule has 0 aliphatic heterocycles. The minimum Gasteiger partial charge on any atom is -0.480 e. The number of rotatable bonds is 14. The van der Waals surface area contributed by atoms with Crippen molar-refractivity contribution in [3.05, 3.63) is 59.7 Å². The van der Waals surface area contributed by atoms with Crippen LogP contribution in [0.1, 0.15) is 49.1 Å². The molecule has 1 aliphatic carbocycles. The maximum Gasteiger partial charge on any atom is 0.407 e. The lowest BCUT2D eigenvalue weighted by molar-refractivity contribution is -0.142. The van der Waals surface area contributed by atoms with Gasteiger partial charge in [0.25, 0.3) is 0 Å². The Morgan fingerprint density at radius 2 is 1.47 bits per heavy atom. The van der Waals surface area contributed by atoms with E-state index in [1.807, 2.05) is 48.5 Å². The largest absolute Gasteiger partial charge is 0.480 e. The van der Waals surface area contributed by atoms with Gasteiger partial charge in [-0.05, 0) is 60.9 Å². The van der Waals surface area contributed by atoms with Crippen LogP contribution in [0.4, 0.5) is 9.59 Å². The van der Waals surface area contributed by atoms with Gasteiger partial charge in [0.15, 0.2) is 0 Å². The van der Waals surface area contributed by atoms with E-state index < -0.39 is 36.1 Å². The van der Waals surface area contributed by atoms with Crippen LogP contribution in [-0.2, 0) is 14.3 Å². The van der Waals surface area contributed by atoms with Crippen LogP contribution in [-0.4, -0.2) is 60.9 Å². The van der Waals surface area contributed by atoms with Crippen LogP contribution in [0, 0.1) is 0 Å². The van der Waals surface area contributed by atoms with Gasteiger partial charge in [-0.25, -0.2) is 14.4 Å². The quantitative estimate of drug-likeness (QED) is 0.204. The van der Waals surface area contributed by atoms with E-state index in [-0.39, 0.29) is 31.9 Å². The average molecular weight is 526 g/mol. The van der Waals surface area contributed by atoms with E-state index in [2.05, 4.69) is 16.0 Å². The average Bonchev–Trinajstić information content (AvgIpc) is 3.22. The first-order valence-corrected chi connectivity index (χ1v) is 12.7. The van der Waals surface area contributed by atoms with Crippen LogP contribution in [0.25, 0.3) is 11.1 Å². The van der Waals surface area contributed by atoms with E-state index in [4.69, 9.17) is 16.2 Å². The maximum absolute atomic E-state index is 13.0. The van der Waals surface area contributed by atoms with Gasteiger partial charge in [-0.1, -0.05) is 48.5 Å². The first-order valence-electron chi connectivity index (χ1n) is 12.7. The number of carboxylic acids is 1. The molecule has 0 unspecified atom stereocenters. The third-order valence-electron chi connectivity index (χ3n) is 6.48. The number of fused-ring (bicyclic) bond motifs is 3. The summed E-state index contributed by atoms with van der Waals surface area (Å²) in [6.45, 7) is 0.664. The lowest BCUT2D eigenvalue weighted by Gasteiger charge is -2.22. The summed E-state index contributed by atoms with van der Waals surface area (Å²) in [5.41, 5.74) is 14.8. The minimum atomic E-state index is -1.18. The Bertz CT molecular complexity index is 1090. The van der Waals surface area contributed by atoms with Crippen molar-refractivity contribution in [1.29, 1.82) is 0 Å². The fourth-order valence-electron chi connectivity index (χ4n) is 4.59. The smallest absolute Gasteiger partial charge is 0.407 e. The number of carbonyl (C=O) groups excluding carboxylic acids is 3. The molecule has 0 radical (unpaired) electrons. The Kier molecular flexibility index (Phi) is 10.5. The molecular weight excluding hydrogens is 490 g/mol. The third-order valence-corrected chi connectivity index (χ3v) is 6.48. The molecule has 38 heavy (non-hydrogen) atoms. The summed E-state index contributed by atoms with van der Waals surface area (Å²) in [7, 11) is 0. The molecule has 2 atom stereocenters. The molecule has 4 amide bonds. The van der Waals surface area contributed by atoms with Crippen molar-refractivity contribution in [1.82, 2.24) is 16.0 Å². The standard InChI is InChI=1S/C27H35N5O6/c28-14-6-5-12-23(25(34)35)31-24(33)22(13-7-15-30-26(29)36)32-27(37)38-16-21-19-10-3-1-8-17(19)18-9-2-4-11-20(18)21/h1-4,8-11,21-23H,5-7,12-16,28H2,(H,31,33)(H,32,37)(H,34,35)(H3,29,30,36)/t22-,23-/m0/s1. The summed E-state index contributed by atoms with van der Waals surface area (Å²) in [6.07, 6.45) is 1.01. The maximum atomic E-state index is 13.0. The molecule has 0 saturated carbocycles. The number of aliphatic carboxylic acids is 1. The number of hydrogen-bond acceptors (Lipinski definition) is 6. The number of unbranched alkanes of at least 4 members (excludes halogenated alkanes) is 1. The monoisotopic (exact) mass is 525 g/mol. The van der Waals surface area contributed by atoms with E-state index in [0.29, 0.717) is 25.8 Å². The van der Waals surface area contributed by atoms with Crippen LogP contribution in [0.3, 0.4) is 0 Å². The van der Waals surface area contributed by atoms with Gasteiger partial charge in [-0.2, -0.15) is 0 Å². The zero-order valence-corrected chi connectivity index (χ0v) is 21.2. The molecule has 2 aromatic carbocycles. The number of hydrogen-bond donors (Lipinski definition) is 6. The van der Waals surface area contributed by atoms with Crippen LogP contribution in [0.15, 0.2) is 48.5 Å². The Labute approximate surface area is 221 Å². The molecular formula is C27H35N5O6. The summed E-state index contributed by atoms with van der Waals surface area (Å²) in [5, 5.41) is 17.0. The number of urea groups is 1. The van der Waals surface area contributed by atoms with Gasteiger partial charge < -0.3 is 37.3 Å². The van der Waals surface area contributed by atoms with E-state index in [9.17, 15) is 24.3 Å². The molecule has 11 heteroatoms. The van der Waals surface area contributed by atoms with Crippen molar-refractivity contribution in [3.8, 4) is 11.1 Å². The van der Waals surface area contributed by atoms with Gasteiger partial charge in [-0.3, -0.25) is 4.79 Å². The number of carboxylic acid groups (broad SMARTS) is 1. The number of nitrogens with two attached hydrogens (primary N) is 2. The molecule has 1 aliphatic rings. The Morgan fingerprint density at radius 1 is 0.868 bits per heavy atom. The number of nitrogens with one attached hydrogen (secondary N) is 3. The highest BCUT2D eigenvalue weighted by Gasteiger charge is 2.30. The first-order chi connectivity index (χ1) is 18.3. The summed E-state index contributed by atoms with van der Waals surface area (Å²) < 4.78 is 5.55. The van der Waals surface area contributed by atoms with Crippen LogP contribution in [0.2, 0.25) is 0 Å². The number of alkyl carbamates (subject to hydrolysis) is 1. The van der Waals surface area contributed by atoms with E-state index in [1.54, 1.807) is 0 Å². The number of ether oxygens (including phenoxy) is 1. The third kappa shape index (κ3) is 7.69. The van der Waals surface area contributed by atoms with Gasteiger partial charge in [0.2, 0.25) is 5.91 Å². The Balaban J connectivity index is 1.64. The second-order valence-electron chi connectivity index (χ2n) is 9.14. The number of benzene rings is 2. The molecule has 0 heterocycles. The molecule has 0 spiro atoms. The zero-order valence-electron chi connectivity index (χ0n) is 21.2. The lowest BCUT2D eigenvalue weighted by atomic mass is 9.98. The zero-order chi connectivity index (χ0) is 27.5. The van der Waals surface area contributed by atoms with Crippen LogP contribution >= 0.6 is 0 Å².